The molecule has 8 nitrogen and oxygen atoms in total. The van der Waals surface area contributed by atoms with E-state index in [2.05, 4.69) is 12.2 Å². The van der Waals surface area contributed by atoms with Crippen LogP contribution in [0, 0.1) is 46.3 Å². The maximum absolute atomic E-state index is 12.2. The Morgan fingerprint density at radius 2 is 1.81 bits per heavy atom. The molecule has 4 fully saturated rings. The van der Waals surface area contributed by atoms with E-state index < -0.39 is 69.6 Å². The Labute approximate surface area is 245 Å². The Morgan fingerprint density at radius 3 is 2.47 bits per heavy atom. The van der Waals surface area contributed by atoms with E-state index in [-0.39, 0.29) is 78.5 Å². The maximum Gasteiger partial charge on any atom is 1.00 e. The summed E-state index contributed by atoms with van der Waals surface area (Å²) in [6, 6.07) is 0. The molecular weight excluding hydrogens is 493 g/mol. The van der Waals surface area contributed by atoms with Gasteiger partial charge in [-0.3, -0.25) is 4.79 Å². The molecule has 0 aromatic heterocycles. The first-order valence-corrected chi connectivity index (χ1v) is 14.5. The third kappa shape index (κ3) is 5.60. The molecule has 0 aromatic carbocycles. The van der Waals surface area contributed by atoms with E-state index in [1.165, 1.54) is 0 Å². The van der Waals surface area contributed by atoms with Gasteiger partial charge in [-0.1, -0.05) is 20.8 Å². The van der Waals surface area contributed by atoms with Gasteiger partial charge in [-0.05, 0) is 97.6 Å². The Kier molecular flexibility index (Phi) is 7.63. The van der Waals surface area contributed by atoms with Crippen molar-refractivity contribution in [1.82, 2.24) is 5.32 Å². The molecule has 0 aliphatic heterocycles. The van der Waals surface area contributed by atoms with Crippen molar-refractivity contribution in [3.8, 4) is 0 Å². The Morgan fingerprint density at radius 1 is 1.11 bits per heavy atom. The Hall–Kier alpha value is 0.260. The fourth-order valence-corrected chi connectivity index (χ4v) is 8.75. The summed E-state index contributed by atoms with van der Waals surface area (Å²) in [6.07, 6.45) is -7.81. The fourth-order valence-electron chi connectivity index (χ4n) is 8.40. The van der Waals surface area contributed by atoms with Gasteiger partial charge in [-0.25, -0.2) is 8.42 Å². The summed E-state index contributed by atoms with van der Waals surface area (Å²) in [5.74, 6) is -2.16. The van der Waals surface area contributed by atoms with Crippen LogP contribution in [0.3, 0.4) is 0 Å². The standard InChI is InChI=1S/C26H45NO7S.Na/c1-15(4-9-24(31)27-10-11-35(32,33)34)19-7-8-20-18-6-5-16-12-17(28)13-22(29)25(16,2)21(18)14-23(30)26(19,20)3;/h15-23,28-30H,4-14H2,1-3H3,(H,27,31)(H,32,33,34);/q;+1/p-1/t15-,16?,17+,18?,19-,20?,21?,22-,23+,25+,26-;/m1./s1/i12D2,13D2,17D;. The molecule has 36 heavy (non-hydrogen) atoms. The minimum atomic E-state index is -4.41. The molecule has 0 radical (unpaired) electrons. The van der Waals surface area contributed by atoms with Crippen molar-refractivity contribution in [2.45, 2.75) is 96.8 Å². The third-order valence-electron chi connectivity index (χ3n) is 10.3. The number of amides is 1. The van der Waals surface area contributed by atoms with Gasteiger partial charge in [-0.2, -0.15) is 0 Å². The second-order valence-electron chi connectivity index (χ2n) is 11.8. The number of carbonyl (C=O) groups is 1. The molecule has 0 saturated heterocycles. The van der Waals surface area contributed by atoms with Crippen molar-refractivity contribution < 1.29 is 69.5 Å². The van der Waals surface area contributed by atoms with E-state index >= 15 is 0 Å². The zero-order valence-corrected chi connectivity index (χ0v) is 24.7. The van der Waals surface area contributed by atoms with Crippen molar-refractivity contribution in [1.29, 1.82) is 0 Å². The summed E-state index contributed by atoms with van der Waals surface area (Å²) in [7, 11) is -4.41. The van der Waals surface area contributed by atoms with Gasteiger partial charge in [0.05, 0.1) is 35.5 Å². The molecule has 0 aromatic rings. The summed E-state index contributed by atoms with van der Waals surface area (Å²) < 4.78 is 74.6. The Balaban J connectivity index is 0.00000462. The normalized spacial score (nSPS) is 51.9. The van der Waals surface area contributed by atoms with Crippen molar-refractivity contribution in [2.24, 2.45) is 46.3 Å². The molecule has 11 atom stereocenters. The van der Waals surface area contributed by atoms with Crippen LogP contribution in [0.1, 0.15) is 85.3 Å². The summed E-state index contributed by atoms with van der Waals surface area (Å²) >= 11 is 0. The van der Waals surface area contributed by atoms with Crippen LogP contribution in [0.5, 0.6) is 0 Å². The van der Waals surface area contributed by atoms with Gasteiger partial charge in [-0.15, -0.1) is 0 Å². The average Bonchev–Trinajstić information content (AvgIpc) is 3.20. The van der Waals surface area contributed by atoms with Crippen molar-refractivity contribution in [3.63, 3.8) is 0 Å². The first-order chi connectivity index (χ1) is 18.1. The van der Waals surface area contributed by atoms with Crippen LogP contribution in [0.2, 0.25) is 0 Å². The van der Waals surface area contributed by atoms with Crippen LogP contribution in [-0.2, 0) is 14.9 Å². The monoisotopic (exact) mass is 542 g/mol. The van der Waals surface area contributed by atoms with Gasteiger partial charge >= 0.3 is 29.6 Å². The van der Waals surface area contributed by atoms with Crippen LogP contribution in [0.15, 0.2) is 0 Å². The molecule has 4 saturated carbocycles. The van der Waals surface area contributed by atoms with E-state index in [0.717, 1.165) is 12.8 Å². The molecule has 4 aliphatic carbocycles. The third-order valence-corrected chi connectivity index (χ3v) is 11.0. The van der Waals surface area contributed by atoms with Gasteiger partial charge in [0.1, 0.15) is 0 Å². The first kappa shape index (κ1) is 24.1. The zero-order valence-electron chi connectivity index (χ0n) is 26.9. The zero-order chi connectivity index (χ0) is 30.3. The second-order valence-corrected chi connectivity index (χ2v) is 13.4. The van der Waals surface area contributed by atoms with E-state index in [0.29, 0.717) is 19.3 Å². The average molecular weight is 543 g/mol. The van der Waals surface area contributed by atoms with Gasteiger partial charge in [0.2, 0.25) is 5.91 Å². The second kappa shape index (κ2) is 11.4. The predicted molar refractivity (Wildman–Crippen MR) is 130 cm³/mol. The maximum atomic E-state index is 12.2. The fraction of sp³-hybridized carbons (Fsp3) is 0.962. The van der Waals surface area contributed by atoms with E-state index in [1.807, 2.05) is 6.92 Å². The Bertz CT molecular complexity index is 1110. The summed E-state index contributed by atoms with van der Waals surface area (Å²) in [5, 5.41) is 36.2. The number of aliphatic hydroxyl groups excluding tert-OH is 2. The number of carbonyl (C=O) groups excluding carboxylic acids is 1. The molecule has 4 rings (SSSR count). The SMILES string of the molecule is [2H]C1([2H])C2CCC3C(C[C@H](O)[C@@]4(C)C3CC[C@@H]4[C@H](C)CCC(=O)NCCS(=O)(=O)[O-])[C@@]2(C)[C@H](O)C([2H])([2H])[C@@]1([2H])O.[Na+]. The van der Waals surface area contributed by atoms with Crippen molar-refractivity contribution >= 4 is 16.0 Å². The van der Waals surface area contributed by atoms with Crippen molar-refractivity contribution in [2.75, 3.05) is 12.3 Å². The minimum Gasteiger partial charge on any atom is -0.748 e. The van der Waals surface area contributed by atoms with Gasteiger partial charge in [0, 0.05) is 18.4 Å². The summed E-state index contributed by atoms with van der Waals surface area (Å²) in [4.78, 5) is 12.2. The molecule has 1 amide bonds. The number of hydrogen-bond donors (Lipinski definition) is 4. The molecule has 4 N–H and O–H groups in total. The summed E-state index contributed by atoms with van der Waals surface area (Å²) in [6.45, 7) is 5.54. The van der Waals surface area contributed by atoms with E-state index in [1.54, 1.807) is 6.92 Å². The molecule has 202 valence electrons. The number of aliphatic hydroxyl groups is 3. The largest absolute Gasteiger partial charge is 1.00 e. The molecule has 0 bridgehead atoms. The van der Waals surface area contributed by atoms with E-state index in [4.69, 9.17) is 6.85 Å². The summed E-state index contributed by atoms with van der Waals surface area (Å²) in [5.41, 5.74) is -1.78. The quantitative estimate of drug-likeness (QED) is 0.239. The van der Waals surface area contributed by atoms with Crippen LogP contribution in [0.4, 0.5) is 0 Å². The molecule has 4 unspecified atom stereocenters. The van der Waals surface area contributed by atoms with Crippen LogP contribution in [-0.4, -0.2) is 64.8 Å². The molecular formula is C26H44NNaO7S. The topological polar surface area (TPSA) is 147 Å². The number of nitrogens with one attached hydrogen (secondary N) is 1. The number of fused-ring (bicyclic) bond motifs is 5. The van der Waals surface area contributed by atoms with E-state index in [9.17, 15) is 33.1 Å². The molecule has 4 aliphatic rings. The minimum absolute atomic E-state index is 0. The smallest absolute Gasteiger partial charge is 0.748 e. The number of hydrogen-bond acceptors (Lipinski definition) is 7. The van der Waals surface area contributed by atoms with Gasteiger partial charge in [0.25, 0.3) is 0 Å². The van der Waals surface area contributed by atoms with Crippen LogP contribution < -0.4 is 34.9 Å². The molecule has 0 spiro atoms. The first-order valence-electron chi connectivity index (χ1n) is 15.4. The molecule has 10 heteroatoms. The predicted octanol–water partition coefficient (Wildman–Crippen LogP) is -0.970. The van der Waals surface area contributed by atoms with Crippen LogP contribution >= 0.6 is 0 Å². The van der Waals surface area contributed by atoms with Gasteiger partial charge in [0.15, 0.2) is 0 Å². The van der Waals surface area contributed by atoms with Gasteiger partial charge < -0.3 is 25.2 Å². The molecule has 0 heterocycles. The van der Waals surface area contributed by atoms with Crippen LogP contribution in [0.25, 0.3) is 0 Å². The van der Waals surface area contributed by atoms with Crippen molar-refractivity contribution in [3.05, 3.63) is 0 Å². The number of rotatable bonds is 7.